The molecule has 1 fully saturated rings. The van der Waals surface area contributed by atoms with Crippen LogP contribution < -0.4 is 14.8 Å². The zero-order valence-electron chi connectivity index (χ0n) is 27.9. The van der Waals surface area contributed by atoms with Gasteiger partial charge in [-0.3, -0.25) is 9.59 Å². The molecule has 0 bridgehead atoms. The molecule has 11 heteroatoms. The topological polar surface area (TPSA) is 77.1 Å². The van der Waals surface area contributed by atoms with Crippen molar-refractivity contribution in [3.8, 4) is 11.5 Å². The third-order valence-corrected chi connectivity index (χ3v) is 9.89. The molecule has 0 spiro atoms. The Morgan fingerprint density at radius 1 is 0.938 bits per heavy atom. The van der Waals surface area contributed by atoms with Gasteiger partial charge in [-0.25, -0.2) is 0 Å². The van der Waals surface area contributed by atoms with E-state index in [1.165, 1.54) is 7.11 Å². The molecule has 1 aliphatic rings. The lowest BCUT2D eigenvalue weighted by Crippen LogP contribution is -2.42. The zero-order chi connectivity index (χ0) is 34.8. The summed E-state index contributed by atoms with van der Waals surface area (Å²) in [4.78, 5) is 28.4. The van der Waals surface area contributed by atoms with E-state index < -0.39 is 0 Å². The number of hydrogen-bond acceptors (Lipinski definition) is 6. The molecule has 7 nitrogen and oxygen atoms in total. The first-order chi connectivity index (χ1) is 23.0. The summed E-state index contributed by atoms with van der Waals surface area (Å²) < 4.78 is 16.7. The second-order valence-corrected chi connectivity index (χ2v) is 14.2. The van der Waals surface area contributed by atoms with Crippen LogP contribution in [0, 0.1) is 24.7 Å². The SMILES string of the molecule is COC(=O)[C@@H](CCNCC(Cc1ccc(OCCOc2c(Cl)cc(C)cc2Cl)cc1)C(=O)N(Cc1cccc(Cl)c1Cl)C1CC1)C(C)C. The highest BCUT2D eigenvalue weighted by molar-refractivity contribution is 6.42. The van der Waals surface area contributed by atoms with Gasteiger partial charge in [-0.1, -0.05) is 84.5 Å². The Kier molecular flexibility index (Phi) is 14.6. The number of nitrogens with zero attached hydrogens (tertiary/aromatic N) is 1. The first kappa shape index (κ1) is 38.1. The highest BCUT2D eigenvalue weighted by Crippen LogP contribution is 2.35. The minimum Gasteiger partial charge on any atom is -0.490 e. The minimum absolute atomic E-state index is 0.0559. The van der Waals surface area contributed by atoms with Crippen LogP contribution in [0.1, 0.15) is 49.8 Å². The predicted molar refractivity (Wildman–Crippen MR) is 194 cm³/mol. The largest absolute Gasteiger partial charge is 0.490 e. The third-order valence-electron chi connectivity index (χ3n) is 8.47. The number of hydrogen-bond donors (Lipinski definition) is 1. The highest BCUT2D eigenvalue weighted by Gasteiger charge is 2.36. The van der Waals surface area contributed by atoms with Crippen LogP contribution in [0.4, 0.5) is 0 Å². The summed E-state index contributed by atoms with van der Waals surface area (Å²) in [5, 5.41) is 5.32. The molecule has 3 aromatic rings. The maximum absolute atomic E-state index is 14.2. The van der Waals surface area contributed by atoms with Crippen molar-refractivity contribution >= 4 is 58.3 Å². The van der Waals surface area contributed by atoms with Gasteiger partial charge in [-0.2, -0.15) is 0 Å². The molecule has 1 aliphatic carbocycles. The van der Waals surface area contributed by atoms with E-state index >= 15 is 0 Å². The smallest absolute Gasteiger partial charge is 0.308 e. The average Bonchev–Trinajstić information content (AvgIpc) is 3.89. The second-order valence-electron chi connectivity index (χ2n) is 12.6. The van der Waals surface area contributed by atoms with Crippen LogP contribution in [0.2, 0.25) is 20.1 Å². The van der Waals surface area contributed by atoms with E-state index in [9.17, 15) is 9.59 Å². The number of carbonyl (C=O) groups excluding carboxylic acids is 2. The fraction of sp³-hybridized carbons (Fsp3) is 0.459. The quantitative estimate of drug-likeness (QED) is 0.104. The van der Waals surface area contributed by atoms with Gasteiger partial charge in [0, 0.05) is 19.1 Å². The van der Waals surface area contributed by atoms with Crippen molar-refractivity contribution in [2.24, 2.45) is 17.8 Å². The molecule has 0 radical (unpaired) electrons. The van der Waals surface area contributed by atoms with Crippen molar-refractivity contribution in [3.63, 3.8) is 0 Å². The van der Waals surface area contributed by atoms with Crippen molar-refractivity contribution in [3.05, 3.63) is 91.4 Å². The minimum atomic E-state index is -0.344. The fourth-order valence-corrected chi connectivity index (χ4v) is 6.74. The van der Waals surface area contributed by atoms with Crippen molar-refractivity contribution in [2.45, 2.75) is 59.0 Å². The second kappa shape index (κ2) is 18.4. The normalized spacial score (nSPS) is 14.0. The van der Waals surface area contributed by atoms with Crippen LogP contribution in [0.3, 0.4) is 0 Å². The maximum Gasteiger partial charge on any atom is 0.308 e. The molecule has 0 aliphatic heterocycles. The molecule has 0 saturated heterocycles. The van der Waals surface area contributed by atoms with Gasteiger partial charge in [-0.15, -0.1) is 0 Å². The number of rotatable bonds is 18. The van der Waals surface area contributed by atoms with E-state index in [1.54, 1.807) is 18.2 Å². The summed E-state index contributed by atoms with van der Waals surface area (Å²) in [6.07, 6.45) is 3.05. The van der Waals surface area contributed by atoms with Crippen molar-refractivity contribution in [1.82, 2.24) is 10.2 Å². The Bertz CT molecular complexity index is 1510. The van der Waals surface area contributed by atoms with E-state index in [0.717, 1.165) is 29.5 Å². The number of aryl methyl sites for hydroxylation is 1. The molecule has 0 aromatic heterocycles. The molecule has 1 amide bonds. The Morgan fingerprint density at radius 3 is 2.23 bits per heavy atom. The van der Waals surface area contributed by atoms with Gasteiger partial charge >= 0.3 is 5.97 Å². The van der Waals surface area contributed by atoms with E-state index in [0.29, 0.717) is 70.7 Å². The summed E-state index contributed by atoms with van der Waals surface area (Å²) in [6.45, 7) is 7.94. The Morgan fingerprint density at radius 2 is 1.60 bits per heavy atom. The molecule has 260 valence electrons. The van der Waals surface area contributed by atoms with Gasteiger partial charge < -0.3 is 24.4 Å². The first-order valence-corrected chi connectivity index (χ1v) is 17.8. The van der Waals surface area contributed by atoms with E-state index in [-0.39, 0.29) is 42.3 Å². The monoisotopic (exact) mass is 736 g/mol. The van der Waals surface area contributed by atoms with Gasteiger partial charge in [0.05, 0.1) is 39.0 Å². The summed E-state index contributed by atoms with van der Waals surface area (Å²) in [5.74, 6) is 0.554. The molecule has 48 heavy (non-hydrogen) atoms. The Balaban J connectivity index is 1.41. The first-order valence-electron chi connectivity index (χ1n) is 16.3. The molecule has 1 unspecified atom stereocenters. The lowest BCUT2D eigenvalue weighted by molar-refractivity contribution is -0.147. The molecule has 2 atom stereocenters. The molecule has 1 N–H and O–H groups in total. The number of halogens is 4. The molecular weight excluding hydrogens is 694 g/mol. The number of benzene rings is 3. The van der Waals surface area contributed by atoms with Crippen molar-refractivity contribution in [1.29, 1.82) is 0 Å². The van der Waals surface area contributed by atoms with Gasteiger partial charge in [-0.05, 0) is 92.1 Å². The van der Waals surface area contributed by atoms with Crippen molar-refractivity contribution in [2.75, 3.05) is 33.4 Å². The number of nitrogens with one attached hydrogen (secondary N) is 1. The number of methoxy groups -OCH3 is 1. The third kappa shape index (κ3) is 10.9. The van der Waals surface area contributed by atoms with E-state index in [4.69, 9.17) is 60.6 Å². The summed E-state index contributed by atoms with van der Waals surface area (Å²) in [6, 6.07) is 17.0. The molecule has 1 saturated carbocycles. The number of esters is 1. The lowest BCUT2D eigenvalue weighted by Gasteiger charge is -2.29. The zero-order valence-corrected chi connectivity index (χ0v) is 30.9. The van der Waals surface area contributed by atoms with E-state index in [1.807, 2.05) is 62.1 Å². The van der Waals surface area contributed by atoms with Crippen LogP contribution >= 0.6 is 46.4 Å². The molecule has 0 heterocycles. The summed E-state index contributed by atoms with van der Waals surface area (Å²) in [5.41, 5.74) is 2.78. The van der Waals surface area contributed by atoms with E-state index in [2.05, 4.69) is 5.32 Å². The average molecular weight is 739 g/mol. The standard InChI is InChI=1S/C37H44Cl4N2O5/c1-23(2)30(37(45)46-4)14-15-42-21-27(36(44)43(28-10-11-28)22-26-6-5-7-31(38)34(26)41)20-25-8-12-29(13-9-25)47-16-17-48-35-32(39)18-24(3)19-33(35)40/h5-9,12-13,18-19,23,27-28,30,42H,10-11,14-17,20-22H2,1-4H3/t27?,30-/m0/s1. The van der Waals surface area contributed by atoms with Crippen molar-refractivity contribution < 1.29 is 23.8 Å². The maximum atomic E-state index is 14.2. The van der Waals surface area contributed by atoms with Crippen LogP contribution in [0.5, 0.6) is 11.5 Å². The molecule has 3 aromatic carbocycles. The van der Waals surface area contributed by atoms with Gasteiger partial charge in [0.1, 0.15) is 19.0 Å². The van der Waals surface area contributed by atoms with Gasteiger partial charge in [0.2, 0.25) is 5.91 Å². The number of ether oxygens (including phenoxy) is 3. The van der Waals surface area contributed by atoms with Crippen LogP contribution in [-0.2, 0) is 27.3 Å². The molecule has 4 rings (SSSR count). The summed E-state index contributed by atoms with van der Waals surface area (Å²) >= 11 is 25.4. The molecular formula is C37H44Cl4N2O5. The van der Waals surface area contributed by atoms with Gasteiger partial charge in [0.25, 0.3) is 0 Å². The van der Waals surface area contributed by atoms with Gasteiger partial charge in [0.15, 0.2) is 5.75 Å². The highest BCUT2D eigenvalue weighted by atomic mass is 35.5. The van der Waals surface area contributed by atoms with Crippen LogP contribution in [-0.4, -0.2) is 56.2 Å². The fourth-order valence-electron chi connectivity index (χ4n) is 5.65. The van der Waals surface area contributed by atoms with Crippen LogP contribution in [0.15, 0.2) is 54.6 Å². The Labute approximate surface area is 304 Å². The Hall–Kier alpha value is -2.68. The number of carbonyl (C=O) groups is 2. The number of amides is 1. The summed E-state index contributed by atoms with van der Waals surface area (Å²) in [7, 11) is 1.42. The van der Waals surface area contributed by atoms with Crippen LogP contribution in [0.25, 0.3) is 0 Å². The lowest BCUT2D eigenvalue weighted by atomic mass is 9.92. The predicted octanol–water partition coefficient (Wildman–Crippen LogP) is 8.84.